The van der Waals surface area contributed by atoms with E-state index in [-0.39, 0.29) is 5.54 Å². The summed E-state index contributed by atoms with van der Waals surface area (Å²) >= 11 is 6.72. The fourth-order valence-electron chi connectivity index (χ4n) is 4.94. The van der Waals surface area contributed by atoms with Gasteiger partial charge >= 0.3 is 0 Å². The van der Waals surface area contributed by atoms with Gasteiger partial charge in [-0.3, -0.25) is 4.98 Å². The normalized spacial score (nSPS) is 18.4. The van der Waals surface area contributed by atoms with Crippen LogP contribution in [-0.2, 0) is 0 Å². The van der Waals surface area contributed by atoms with Crippen LogP contribution in [0.2, 0.25) is 5.02 Å². The van der Waals surface area contributed by atoms with Crippen LogP contribution >= 0.6 is 11.6 Å². The lowest BCUT2D eigenvalue weighted by atomic mass is 9.74. The first-order valence-electron chi connectivity index (χ1n) is 13.1. The molecule has 0 saturated heterocycles. The second kappa shape index (κ2) is 9.31. The van der Waals surface area contributed by atoms with Gasteiger partial charge in [0.2, 0.25) is 0 Å². The van der Waals surface area contributed by atoms with Gasteiger partial charge in [0.15, 0.2) is 0 Å². The quantitative estimate of drug-likeness (QED) is 0.268. The minimum absolute atomic E-state index is 0.0651. The molecule has 2 aliphatic carbocycles. The van der Waals surface area contributed by atoms with E-state index in [2.05, 4.69) is 38.9 Å². The van der Waals surface area contributed by atoms with Gasteiger partial charge in [0.1, 0.15) is 17.6 Å². The Hall–Kier alpha value is -3.70. The zero-order valence-corrected chi connectivity index (χ0v) is 21.2. The molecular formula is C28H27ClFN7. The first-order valence-corrected chi connectivity index (χ1v) is 13.0. The molecule has 4 aromatic rings. The van der Waals surface area contributed by atoms with E-state index in [4.69, 9.17) is 11.6 Å². The third-order valence-electron chi connectivity index (χ3n) is 7.51. The van der Waals surface area contributed by atoms with E-state index >= 15 is 0 Å². The average Bonchev–Trinajstić information content (AvgIpc) is 3.62. The van der Waals surface area contributed by atoms with Gasteiger partial charge in [-0.25, -0.2) is 9.07 Å². The largest absolute Gasteiger partial charge is 0.378 e. The first-order chi connectivity index (χ1) is 18.3. The summed E-state index contributed by atoms with van der Waals surface area (Å²) in [5.41, 5.74) is 3.07. The van der Waals surface area contributed by atoms with Crippen molar-refractivity contribution in [3.8, 4) is 6.07 Å². The molecule has 2 N–H and O–H groups in total. The number of aromatic nitrogens is 4. The molecule has 2 heterocycles. The zero-order chi connectivity index (χ0) is 26.5. The summed E-state index contributed by atoms with van der Waals surface area (Å²) in [6.45, 7) is 2.15. The van der Waals surface area contributed by atoms with Crippen LogP contribution in [0.15, 0.2) is 48.8 Å². The van der Waals surface area contributed by atoms with Crippen molar-refractivity contribution in [1.82, 2.24) is 20.0 Å². The Balaban J connectivity index is 1.47. The van der Waals surface area contributed by atoms with Crippen LogP contribution in [0.4, 0.5) is 15.8 Å². The molecule has 1 atom stereocenters. The molecule has 0 radical (unpaired) electrons. The minimum atomic E-state index is -1.58. The summed E-state index contributed by atoms with van der Waals surface area (Å²) in [6.07, 6.45) is 9.51. The lowest BCUT2D eigenvalue weighted by Crippen LogP contribution is -2.44. The van der Waals surface area contributed by atoms with Gasteiger partial charge in [0.25, 0.3) is 0 Å². The molecular weight excluding hydrogens is 489 g/mol. The fourth-order valence-corrected chi connectivity index (χ4v) is 5.21. The highest BCUT2D eigenvalue weighted by molar-refractivity contribution is 6.35. The molecule has 2 aromatic heterocycles. The third-order valence-corrected chi connectivity index (χ3v) is 7.80. The van der Waals surface area contributed by atoms with Crippen molar-refractivity contribution in [3.63, 3.8) is 0 Å². The highest BCUT2D eigenvalue weighted by Crippen LogP contribution is 2.42. The van der Waals surface area contributed by atoms with Crippen LogP contribution in [0.25, 0.3) is 10.9 Å². The Labute approximate surface area is 221 Å². The van der Waals surface area contributed by atoms with Crippen LogP contribution in [0.5, 0.6) is 0 Å². The van der Waals surface area contributed by atoms with E-state index in [1.807, 2.05) is 6.07 Å². The highest BCUT2D eigenvalue weighted by atomic mass is 35.5. The molecule has 2 fully saturated rings. The Morgan fingerprint density at radius 2 is 2.08 bits per heavy atom. The molecule has 7 nitrogen and oxygen atoms in total. The maximum Gasteiger partial charge on any atom is 0.123 e. The van der Waals surface area contributed by atoms with Crippen molar-refractivity contribution in [2.75, 3.05) is 10.6 Å². The molecule has 2 aliphatic rings. The van der Waals surface area contributed by atoms with E-state index in [0.717, 1.165) is 38.5 Å². The van der Waals surface area contributed by atoms with Crippen molar-refractivity contribution < 1.29 is 5.76 Å². The number of nitrogens with zero attached hydrogens (tertiary/aromatic N) is 5. The molecule has 188 valence electrons. The number of anilines is 2. The molecule has 0 amide bonds. The molecule has 9 heteroatoms. The monoisotopic (exact) mass is 516 g/mol. The van der Waals surface area contributed by atoms with Crippen LogP contribution < -0.4 is 10.6 Å². The molecule has 37 heavy (non-hydrogen) atoms. The van der Waals surface area contributed by atoms with Crippen LogP contribution in [-0.4, -0.2) is 25.5 Å². The fraction of sp³-hybridized carbons (Fsp3) is 0.357. The van der Waals surface area contributed by atoms with Gasteiger partial charge in [-0.05, 0) is 68.4 Å². The molecule has 0 spiro atoms. The van der Waals surface area contributed by atoms with E-state index < -0.39 is 11.8 Å². The lowest BCUT2D eigenvalue weighted by Gasteiger charge is -2.43. The van der Waals surface area contributed by atoms with Crippen LogP contribution in [0, 0.1) is 17.1 Å². The summed E-state index contributed by atoms with van der Waals surface area (Å²) in [5.74, 6) is -0.391. The van der Waals surface area contributed by atoms with Crippen molar-refractivity contribution >= 4 is 33.9 Å². The van der Waals surface area contributed by atoms with Gasteiger partial charge in [0.05, 0.1) is 41.4 Å². The summed E-state index contributed by atoms with van der Waals surface area (Å²) in [4.78, 5) is 4.47. The van der Waals surface area contributed by atoms with Gasteiger partial charge in [-0.1, -0.05) is 35.9 Å². The number of nitriles is 1. The smallest absolute Gasteiger partial charge is 0.123 e. The number of hydrogen-bond donors (Lipinski definition) is 2. The Morgan fingerprint density at radius 3 is 2.73 bits per heavy atom. The Morgan fingerprint density at radius 1 is 1.30 bits per heavy atom. The number of nitrogens with one attached hydrogen (secondary N) is 2. The van der Waals surface area contributed by atoms with Crippen LogP contribution in [0.3, 0.4) is 0 Å². The van der Waals surface area contributed by atoms with Crippen molar-refractivity contribution in [2.24, 2.45) is 0 Å². The molecule has 6 rings (SSSR count). The maximum absolute atomic E-state index is 13.8. The van der Waals surface area contributed by atoms with Crippen molar-refractivity contribution in [2.45, 2.75) is 63.0 Å². The number of halogens is 2. The topological polar surface area (TPSA) is 91.5 Å². The summed E-state index contributed by atoms with van der Waals surface area (Å²) < 4.78 is 25.1. The molecule has 2 saturated carbocycles. The third kappa shape index (κ3) is 4.49. The van der Waals surface area contributed by atoms with Crippen molar-refractivity contribution in [1.29, 1.82) is 5.26 Å². The number of fused-ring (bicyclic) bond motifs is 1. The van der Waals surface area contributed by atoms with Crippen LogP contribution in [0.1, 0.15) is 75.7 Å². The summed E-state index contributed by atoms with van der Waals surface area (Å²) in [5, 5.41) is 26.5. The second-order valence-corrected chi connectivity index (χ2v) is 10.4. The second-order valence-electron chi connectivity index (χ2n) is 9.95. The first kappa shape index (κ1) is 22.5. The highest BCUT2D eigenvalue weighted by Gasteiger charge is 2.36. The van der Waals surface area contributed by atoms with Gasteiger partial charge in [-0.15, -0.1) is 5.10 Å². The maximum atomic E-state index is 13.8. The van der Waals surface area contributed by atoms with Gasteiger partial charge < -0.3 is 10.6 Å². The number of rotatable bonds is 8. The van der Waals surface area contributed by atoms with Gasteiger partial charge in [0, 0.05) is 22.8 Å². The number of pyridine rings is 1. The van der Waals surface area contributed by atoms with E-state index in [1.54, 1.807) is 35.3 Å². The summed E-state index contributed by atoms with van der Waals surface area (Å²) in [6, 6.07) is 10.3. The zero-order valence-electron chi connectivity index (χ0n) is 21.4. The average molecular weight is 517 g/mol. The van der Waals surface area contributed by atoms with E-state index in [1.165, 1.54) is 12.1 Å². The van der Waals surface area contributed by atoms with E-state index in [9.17, 15) is 11.0 Å². The predicted octanol–water partition coefficient (Wildman–Crippen LogP) is 6.77. The number of hydrogen-bond acceptors (Lipinski definition) is 6. The SMILES string of the molecule is [2H][C@@](Nc1cc(Cl)c2ncc(C#N)c(NC3(CC)CCC3)c2c1)(c1ccc(F)cc1)c1cn(C2CC2)nn1. The molecule has 0 aliphatic heterocycles. The Bertz CT molecular complexity index is 1550. The van der Waals surface area contributed by atoms with Gasteiger partial charge in [-0.2, -0.15) is 5.26 Å². The lowest BCUT2D eigenvalue weighted by molar-refractivity contribution is 0.270. The minimum Gasteiger partial charge on any atom is -0.378 e. The number of benzene rings is 2. The Kier molecular flexibility index (Phi) is 5.66. The summed E-state index contributed by atoms with van der Waals surface area (Å²) in [7, 11) is 0. The van der Waals surface area contributed by atoms with Crippen molar-refractivity contribution in [3.05, 3.63) is 76.5 Å². The molecule has 2 aromatic carbocycles. The predicted molar refractivity (Wildman–Crippen MR) is 142 cm³/mol. The molecule has 0 bridgehead atoms. The van der Waals surface area contributed by atoms with E-state index in [0.29, 0.717) is 50.2 Å². The standard InChI is InChI=1S/C28H27ClFN7/c1-2-28(10-3-11-28)34-25-18(14-31)15-32-27-22(25)12-20(13-23(27)29)33-26(17-4-6-19(30)7-5-17)24-16-37(36-35-24)21-8-9-21/h4-7,12-13,15-16,21,26,33H,2-3,8-11H2,1H3,(H,32,34)/t26-/m1/s1/i26D. The molecule has 0 unspecified atom stereocenters.